The maximum absolute atomic E-state index is 9.78. The molecule has 12 heavy (non-hydrogen) atoms. The van der Waals surface area contributed by atoms with Crippen LogP contribution in [0.4, 0.5) is 0 Å². The Morgan fingerprint density at radius 1 is 1.17 bits per heavy atom. The summed E-state index contributed by atoms with van der Waals surface area (Å²) >= 11 is 0. The number of hydrogen-bond acceptors (Lipinski definition) is 1. The summed E-state index contributed by atoms with van der Waals surface area (Å²) in [5.74, 6) is 0.283. The van der Waals surface area contributed by atoms with Crippen molar-refractivity contribution in [2.24, 2.45) is 5.92 Å². The van der Waals surface area contributed by atoms with Gasteiger partial charge in [-0.2, -0.15) is 0 Å². The molecule has 0 spiro atoms. The molecule has 0 aliphatic rings. The van der Waals surface area contributed by atoms with Crippen molar-refractivity contribution < 1.29 is 5.11 Å². The van der Waals surface area contributed by atoms with Crippen molar-refractivity contribution in [2.45, 2.75) is 26.9 Å². The lowest BCUT2D eigenvalue weighted by Crippen LogP contribution is -2.06. The average molecular weight is 164 g/mol. The van der Waals surface area contributed by atoms with Gasteiger partial charge < -0.3 is 5.11 Å². The van der Waals surface area contributed by atoms with Crippen LogP contribution in [0.3, 0.4) is 0 Å². The van der Waals surface area contributed by atoms with Crippen LogP contribution >= 0.6 is 0 Å². The second kappa shape index (κ2) is 3.72. The molecule has 0 aliphatic heterocycles. The minimum Gasteiger partial charge on any atom is -0.388 e. The van der Waals surface area contributed by atoms with Gasteiger partial charge in [-0.15, -0.1) is 0 Å². The minimum atomic E-state index is -0.328. The van der Waals surface area contributed by atoms with Crippen LogP contribution < -0.4 is 0 Å². The van der Waals surface area contributed by atoms with Gasteiger partial charge in [0.1, 0.15) is 0 Å². The highest BCUT2D eigenvalue weighted by Crippen LogP contribution is 2.23. The normalized spacial score (nSPS) is 13.4. The van der Waals surface area contributed by atoms with E-state index in [1.54, 1.807) is 0 Å². The highest BCUT2D eigenvalue weighted by molar-refractivity contribution is 5.27. The van der Waals surface area contributed by atoms with Crippen molar-refractivity contribution in [3.8, 4) is 0 Å². The van der Waals surface area contributed by atoms with Gasteiger partial charge in [0, 0.05) is 0 Å². The Labute approximate surface area is 74.1 Å². The molecule has 0 radical (unpaired) electrons. The first-order valence-corrected chi connectivity index (χ1v) is 4.36. The maximum Gasteiger partial charge on any atom is 0.0815 e. The first kappa shape index (κ1) is 9.27. The average Bonchev–Trinajstić information content (AvgIpc) is 2.04. The summed E-state index contributed by atoms with van der Waals surface area (Å²) in [6.45, 7) is 6.08. The first-order chi connectivity index (χ1) is 5.63. The largest absolute Gasteiger partial charge is 0.388 e. The molecule has 1 atom stereocenters. The van der Waals surface area contributed by atoms with E-state index >= 15 is 0 Å². The van der Waals surface area contributed by atoms with E-state index in [9.17, 15) is 5.11 Å². The molecular formula is C11H16O. The number of benzene rings is 1. The summed E-state index contributed by atoms with van der Waals surface area (Å²) in [5, 5.41) is 9.78. The van der Waals surface area contributed by atoms with Crippen LogP contribution in [0.5, 0.6) is 0 Å². The van der Waals surface area contributed by atoms with Crippen molar-refractivity contribution in [3.05, 3.63) is 35.4 Å². The zero-order valence-electron chi connectivity index (χ0n) is 7.91. The Morgan fingerprint density at radius 3 is 2.25 bits per heavy atom. The van der Waals surface area contributed by atoms with E-state index < -0.39 is 0 Å². The lowest BCUT2D eigenvalue weighted by molar-refractivity contribution is 0.126. The standard InChI is InChI=1S/C11H16O/c1-8(2)11(12)10-7-5-4-6-9(10)3/h4-8,11-12H,1-3H3/t11-/m1/s1. The molecule has 0 heterocycles. The molecule has 0 aliphatic carbocycles. The van der Waals surface area contributed by atoms with Gasteiger partial charge in [-0.3, -0.25) is 0 Å². The van der Waals surface area contributed by atoms with Crippen molar-refractivity contribution >= 4 is 0 Å². The van der Waals surface area contributed by atoms with Crippen LogP contribution in [0.25, 0.3) is 0 Å². The lowest BCUT2D eigenvalue weighted by Gasteiger charge is -2.16. The van der Waals surface area contributed by atoms with E-state index in [2.05, 4.69) is 0 Å². The number of aliphatic hydroxyl groups excluding tert-OH is 1. The second-order valence-electron chi connectivity index (χ2n) is 3.55. The molecule has 1 aromatic rings. The molecule has 1 aromatic carbocycles. The highest BCUT2D eigenvalue weighted by Gasteiger charge is 2.12. The molecule has 0 saturated carbocycles. The van der Waals surface area contributed by atoms with Crippen LogP contribution in [0, 0.1) is 12.8 Å². The van der Waals surface area contributed by atoms with Gasteiger partial charge in [0.2, 0.25) is 0 Å². The van der Waals surface area contributed by atoms with E-state index in [-0.39, 0.29) is 12.0 Å². The van der Waals surface area contributed by atoms with Gasteiger partial charge in [0.05, 0.1) is 6.10 Å². The quantitative estimate of drug-likeness (QED) is 0.712. The fraction of sp³-hybridized carbons (Fsp3) is 0.455. The van der Waals surface area contributed by atoms with Crippen molar-refractivity contribution in [3.63, 3.8) is 0 Å². The third-order valence-corrected chi connectivity index (χ3v) is 2.14. The van der Waals surface area contributed by atoms with Crippen LogP contribution in [-0.2, 0) is 0 Å². The lowest BCUT2D eigenvalue weighted by atomic mass is 9.96. The number of aryl methyl sites for hydroxylation is 1. The van der Waals surface area contributed by atoms with Crippen molar-refractivity contribution in [1.29, 1.82) is 0 Å². The van der Waals surface area contributed by atoms with Gasteiger partial charge in [0.25, 0.3) is 0 Å². The van der Waals surface area contributed by atoms with E-state index in [1.165, 1.54) is 5.56 Å². The Balaban J connectivity index is 2.94. The summed E-state index contributed by atoms with van der Waals surface area (Å²) < 4.78 is 0. The Bertz CT molecular complexity index is 253. The molecule has 0 unspecified atom stereocenters. The number of hydrogen-bond donors (Lipinski definition) is 1. The van der Waals surface area contributed by atoms with Gasteiger partial charge in [-0.25, -0.2) is 0 Å². The number of aliphatic hydroxyl groups is 1. The molecule has 0 amide bonds. The number of rotatable bonds is 2. The van der Waals surface area contributed by atoms with Crippen LogP contribution in [0.2, 0.25) is 0 Å². The third-order valence-electron chi connectivity index (χ3n) is 2.14. The predicted molar refractivity (Wildman–Crippen MR) is 51.0 cm³/mol. The SMILES string of the molecule is Cc1ccccc1[C@H](O)C(C)C. The molecule has 1 N–H and O–H groups in total. The predicted octanol–water partition coefficient (Wildman–Crippen LogP) is 2.68. The van der Waals surface area contributed by atoms with Gasteiger partial charge in [0.15, 0.2) is 0 Å². The smallest absolute Gasteiger partial charge is 0.0815 e. The fourth-order valence-corrected chi connectivity index (χ4v) is 1.28. The van der Waals surface area contributed by atoms with Gasteiger partial charge >= 0.3 is 0 Å². The molecule has 1 heteroatoms. The van der Waals surface area contributed by atoms with E-state index in [0.717, 1.165) is 5.56 Å². The maximum atomic E-state index is 9.78. The summed E-state index contributed by atoms with van der Waals surface area (Å²) in [5.41, 5.74) is 2.21. The Kier molecular flexibility index (Phi) is 2.88. The molecule has 0 fully saturated rings. The Morgan fingerprint density at radius 2 is 1.75 bits per heavy atom. The molecule has 0 saturated heterocycles. The van der Waals surface area contributed by atoms with Gasteiger partial charge in [-0.05, 0) is 24.0 Å². The van der Waals surface area contributed by atoms with Crippen LogP contribution in [0.1, 0.15) is 31.1 Å². The molecular weight excluding hydrogens is 148 g/mol. The zero-order chi connectivity index (χ0) is 9.14. The van der Waals surface area contributed by atoms with Crippen LogP contribution in [0.15, 0.2) is 24.3 Å². The molecule has 1 nitrogen and oxygen atoms in total. The third kappa shape index (κ3) is 1.86. The minimum absolute atomic E-state index is 0.283. The van der Waals surface area contributed by atoms with E-state index in [4.69, 9.17) is 0 Å². The van der Waals surface area contributed by atoms with Crippen LogP contribution in [-0.4, -0.2) is 5.11 Å². The highest BCUT2D eigenvalue weighted by atomic mass is 16.3. The topological polar surface area (TPSA) is 20.2 Å². The first-order valence-electron chi connectivity index (χ1n) is 4.36. The van der Waals surface area contributed by atoms with E-state index in [0.29, 0.717) is 0 Å². The van der Waals surface area contributed by atoms with Gasteiger partial charge in [-0.1, -0.05) is 38.1 Å². The van der Waals surface area contributed by atoms with E-state index in [1.807, 2.05) is 45.0 Å². The molecule has 0 bridgehead atoms. The summed E-state index contributed by atoms with van der Waals surface area (Å²) in [4.78, 5) is 0. The Hall–Kier alpha value is -0.820. The molecule has 1 rings (SSSR count). The second-order valence-corrected chi connectivity index (χ2v) is 3.55. The summed E-state index contributed by atoms with van der Waals surface area (Å²) in [6.07, 6.45) is -0.328. The monoisotopic (exact) mass is 164 g/mol. The zero-order valence-corrected chi connectivity index (χ0v) is 7.91. The summed E-state index contributed by atoms with van der Waals surface area (Å²) in [7, 11) is 0. The van der Waals surface area contributed by atoms with Crippen molar-refractivity contribution in [1.82, 2.24) is 0 Å². The van der Waals surface area contributed by atoms with Crippen molar-refractivity contribution in [2.75, 3.05) is 0 Å². The summed E-state index contributed by atoms with van der Waals surface area (Å²) in [6, 6.07) is 7.97. The fourth-order valence-electron chi connectivity index (χ4n) is 1.28. The molecule has 0 aromatic heterocycles. The molecule has 66 valence electrons.